The highest BCUT2D eigenvalue weighted by Gasteiger charge is 2.56. The molecule has 7 nitrogen and oxygen atoms in total. The third-order valence-electron chi connectivity index (χ3n) is 8.59. The van der Waals surface area contributed by atoms with E-state index in [0.717, 1.165) is 38.5 Å². The summed E-state index contributed by atoms with van der Waals surface area (Å²) in [5.74, 6) is -0.169. The molecule has 4 saturated carbocycles. The maximum atomic E-state index is 13.6. The molecular weight excluding hydrogens is 515 g/mol. The number of hydrogen-bond acceptors (Lipinski definition) is 5. The van der Waals surface area contributed by atoms with Gasteiger partial charge in [-0.15, -0.1) is 13.2 Å². The van der Waals surface area contributed by atoms with Crippen LogP contribution in [0.3, 0.4) is 0 Å². The van der Waals surface area contributed by atoms with Crippen LogP contribution in [-0.2, 0) is 11.4 Å². The molecule has 2 N–H and O–H groups in total. The maximum Gasteiger partial charge on any atom is 0.573 e. The van der Waals surface area contributed by atoms with Crippen LogP contribution in [0.5, 0.6) is 11.5 Å². The Kier molecular flexibility index (Phi) is 6.23. The molecule has 0 radical (unpaired) electrons. The van der Waals surface area contributed by atoms with Gasteiger partial charge in [0.1, 0.15) is 29.7 Å². The van der Waals surface area contributed by atoms with E-state index in [1.807, 2.05) is 0 Å². The second kappa shape index (κ2) is 9.50. The predicted molar refractivity (Wildman–Crippen MR) is 133 cm³/mol. The molecule has 1 heterocycles. The molecular formula is C29H28F3NO6. The van der Waals surface area contributed by atoms with Crippen molar-refractivity contribution in [2.75, 3.05) is 0 Å². The zero-order chi connectivity index (χ0) is 27.4. The van der Waals surface area contributed by atoms with Crippen LogP contribution in [0.4, 0.5) is 13.2 Å². The smallest absolute Gasteiger partial charge is 0.487 e. The maximum absolute atomic E-state index is 13.6. The molecule has 1 aromatic heterocycles. The fourth-order valence-electron chi connectivity index (χ4n) is 7.51. The molecule has 206 valence electrons. The SMILES string of the molecule is O=C(NC(C(=O)O)C12CC3CC(CC(C3)C1)C2)c1ccc2occc2c1OCc1ccc(OC(F)(F)F)cc1. The van der Waals surface area contributed by atoms with Crippen molar-refractivity contribution in [2.45, 2.75) is 57.5 Å². The van der Waals surface area contributed by atoms with E-state index in [-0.39, 0.29) is 23.7 Å². The zero-order valence-corrected chi connectivity index (χ0v) is 21.0. The number of halogens is 3. The summed E-state index contributed by atoms with van der Waals surface area (Å²) in [5.41, 5.74) is 0.744. The molecule has 0 saturated heterocycles. The predicted octanol–water partition coefficient (Wildman–Crippen LogP) is 6.31. The average molecular weight is 544 g/mol. The number of carboxylic acids is 1. The van der Waals surface area contributed by atoms with Gasteiger partial charge in [0.05, 0.1) is 17.2 Å². The second-order valence-corrected chi connectivity index (χ2v) is 11.3. The van der Waals surface area contributed by atoms with Gasteiger partial charge in [0, 0.05) is 5.41 Å². The minimum Gasteiger partial charge on any atom is -0.487 e. The standard InChI is InChI=1S/C29H28F3NO6/c30-29(31,32)39-20-3-1-16(2-4-20)15-38-24-21-7-8-37-23(21)6-5-22(24)26(34)33-25(27(35)36)28-12-17-9-18(13-28)11-19(10-17)14-28/h1-8,17-19,25H,9-15H2,(H,33,34)(H,35,36). The van der Waals surface area contributed by atoms with E-state index in [2.05, 4.69) is 10.1 Å². The van der Waals surface area contributed by atoms with Crippen molar-refractivity contribution < 1.29 is 41.8 Å². The monoisotopic (exact) mass is 543 g/mol. The van der Waals surface area contributed by atoms with Crippen molar-refractivity contribution in [3.8, 4) is 11.5 Å². The van der Waals surface area contributed by atoms with Crippen molar-refractivity contribution in [1.82, 2.24) is 5.32 Å². The number of carboxylic acid groups (broad SMARTS) is 1. The Bertz CT molecular complexity index is 1360. The molecule has 0 aliphatic heterocycles. The lowest BCUT2D eigenvalue weighted by Crippen LogP contribution is -2.59. The van der Waals surface area contributed by atoms with Crippen molar-refractivity contribution in [2.24, 2.45) is 23.2 Å². The number of fused-ring (bicyclic) bond motifs is 1. The van der Waals surface area contributed by atoms with Crippen LogP contribution in [0.25, 0.3) is 11.0 Å². The van der Waals surface area contributed by atoms with Crippen LogP contribution >= 0.6 is 0 Å². The van der Waals surface area contributed by atoms with Crippen LogP contribution in [0, 0.1) is 23.2 Å². The Morgan fingerprint density at radius 1 is 1.00 bits per heavy atom. The Balaban J connectivity index is 1.24. The summed E-state index contributed by atoms with van der Waals surface area (Å²) in [6.07, 6.45) is 2.56. The number of amides is 1. The van der Waals surface area contributed by atoms with Crippen molar-refractivity contribution in [3.05, 3.63) is 59.9 Å². The lowest BCUT2D eigenvalue weighted by molar-refractivity contribution is -0.274. The first-order valence-corrected chi connectivity index (χ1v) is 13.1. The van der Waals surface area contributed by atoms with Gasteiger partial charge in [-0.2, -0.15) is 0 Å². The van der Waals surface area contributed by atoms with Gasteiger partial charge in [-0.3, -0.25) is 4.79 Å². The summed E-state index contributed by atoms with van der Waals surface area (Å²) in [7, 11) is 0. The second-order valence-electron chi connectivity index (χ2n) is 11.3. The summed E-state index contributed by atoms with van der Waals surface area (Å²) in [6.45, 7) is -0.0474. The highest BCUT2D eigenvalue weighted by Crippen LogP contribution is 2.61. The molecule has 1 unspecified atom stereocenters. The van der Waals surface area contributed by atoms with Gasteiger partial charge in [-0.25, -0.2) is 4.79 Å². The van der Waals surface area contributed by atoms with Gasteiger partial charge >= 0.3 is 12.3 Å². The van der Waals surface area contributed by atoms with Crippen LogP contribution in [-0.4, -0.2) is 29.4 Å². The highest BCUT2D eigenvalue weighted by molar-refractivity contribution is 6.04. The number of carbonyl (C=O) groups excluding carboxylic acids is 1. The van der Waals surface area contributed by atoms with Crippen LogP contribution in [0.2, 0.25) is 0 Å². The minimum atomic E-state index is -4.79. The third-order valence-corrected chi connectivity index (χ3v) is 8.59. The summed E-state index contributed by atoms with van der Waals surface area (Å²) >= 11 is 0. The number of furan rings is 1. The van der Waals surface area contributed by atoms with Crippen LogP contribution in [0.1, 0.15) is 54.4 Å². The number of alkyl halides is 3. The number of benzene rings is 2. The molecule has 0 spiro atoms. The number of ether oxygens (including phenoxy) is 2. The van der Waals surface area contributed by atoms with E-state index >= 15 is 0 Å². The molecule has 10 heteroatoms. The zero-order valence-electron chi connectivity index (χ0n) is 21.0. The lowest BCUT2D eigenvalue weighted by atomic mass is 9.47. The van der Waals surface area contributed by atoms with Gasteiger partial charge in [-0.1, -0.05) is 12.1 Å². The topological polar surface area (TPSA) is 98.0 Å². The molecule has 4 fully saturated rings. The van der Waals surface area contributed by atoms with Gasteiger partial charge in [0.25, 0.3) is 5.91 Å². The number of nitrogens with one attached hydrogen (secondary N) is 1. The fraction of sp³-hybridized carbons (Fsp3) is 0.448. The molecule has 3 aromatic rings. The van der Waals surface area contributed by atoms with Gasteiger partial charge < -0.3 is 24.3 Å². The fourth-order valence-corrected chi connectivity index (χ4v) is 7.51. The molecule has 1 atom stereocenters. The molecule has 39 heavy (non-hydrogen) atoms. The largest absolute Gasteiger partial charge is 0.573 e. The summed E-state index contributed by atoms with van der Waals surface area (Å²) in [4.78, 5) is 26.1. The van der Waals surface area contributed by atoms with E-state index in [9.17, 15) is 27.9 Å². The van der Waals surface area contributed by atoms with Crippen LogP contribution in [0.15, 0.2) is 53.1 Å². The van der Waals surface area contributed by atoms with E-state index < -0.39 is 29.7 Å². The van der Waals surface area contributed by atoms with Crippen molar-refractivity contribution in [3.63, 3.8) is 0 Å². The Hall–Kier alpha value is -3.69. The van der Waals surface area contributed by atoms with Crippen molar-refractivity contribution in [1.29, 1.82) is 0 Å². The van der Waals surface area contributed by atoms with Gasteiger partial charge in [-0.05, 0) is 92.2 Å². The van der Waals surface area contributed by atoms with E-state index in [1.54, 1.807) is 12.1 Å². The quantitative estimate of drug-likeness (QED) is 0.346. The number of rotatable bonds is 8. The summed E-state index contributed by atoms with van der Waals surface area (Å²) in [5, 5.41) is 13.6. The molecule has 4 bridgehead atoms. The van der Waals surface area contributed by atoms with E-state index in [0.29, 0.717) is 34.3 Å². The number of carbonyl (C=O) groups is 2. The van der Waals surface area contributed by atoms with E-state index in [1.165, 1.54) is 36.6 Å². The van der Waals surface area contributed by atoms with Crippen molar-refractivity contribution >= 4 is 22.8 Å². The normalized spacial score (nSPS) is 26.4. The lowest BCUT2D eigenvalue weighted by Gasteiger charge is -2.58. The van der Waals surface area contributed by atoms with Gasteiger partial charge in [0.2, 0.25) is 0 Å². The Morgan fingerprint density at radius 2 is 1.64 bits per heavy atom. The number of hydrogen-bond donors (Lipinski definition) is 2. The first-order chi connectivity index (χ1) is 18.6. The van der Waals surface area contributed by atoms with Gasteiger partial charge in [0.15, 0.2) is 0 Å². The van der Waals surface area contributed by atoms with E-state index in [4.69, 9.17) is 9.15 Å². The summed E-state index contributed by atoms with van der Waals surface area (Å²) in [6, 6.07) is 9.04. The first-order valence-electron chi connectivity index (χ1n) is 13.1. The first kappa shape index (κ1) is 25.6. The minimum absolute atomic E-state index is 0.0474. The molecule has 4 aliphatic carbocycles. The molecule has 4 aliphatic rings. The third kappa shape index (κ3) is 5.04. The molecule has 1 amide bonds. The average Bonchev–Trinajstić information content (AvgIpc) is 3.34. The van der Waals surface area contributed by atoms with Crippen LogP contribution < -0.4 is 14.8 Å². The Labute approximate surface area is 222 Å². The molecule has 7 rings (SSSR count). The highest BCUT2D eigenvalue weighted by atomic mass is 19.4. The Morgan fingerprint density at radius 3 is 2.23 bits per heavy atom. The molecule has 2 aromatic carbocycles. The summed E-state index contributed by atoms with van der Waals surface area (Å²) < 4.78 is 52.8. The number of aliphatic carboxylic acids is 1.